The molecule has 1 fully saturated rings. The van der Waals surface area contributed by atoms with E-state index in [0.29, 0.717) is 11.7 Å². The van der Waals surface area contributed by atoms with Crippen molar-refractivity contribution < 1.29 is 9.66 Å². The second-order valence-corrected chi connectivity index (χ2v) is 5.13. The molecule has 2 rings (SSSR count). The van der Waals surface area contributed by atoms with Crippen molar-refractivity contribution in [2.75, 3.05) is 19.1 Å². The standard InChI is InChI=1S/C13H20N4O3/c1-16(10-5-3-9(14)4-6-10)13-11(17(18)19)7-8-12(15-13)20-2/h7-10H,3-6,14H2,1-2H3. The monoisotopic (exact) mass is 280 g/mol. The average molecular weight is 280 g/mol. The molecule has 1 aromatic heterocycles. The van der Waals surface area contributed by atoms with Crippen LogP contribution in [0.5, 0.6) is 5.88 Å². The Morgan fingerprint density at radius 2 is 2.05 bits per heavy atom. The number of anilines is 1. The summed E-state index contributed by atoms with van der Waals surface area (Å²) < 4.78 is 5.06. The van der Waals surface area contributed by atoms with Crippen molar-refractivity contribution in [3.63, 3.8) is 0 Å². The zero-order chi connectivity index (χ0) is 14.7. The summed E-state index contributed by atoms with van der Waals surface area (Å²) in [5.41, 5.74) is 5.90. The summed E-state index contributed by atoms with van der Waals surface area (Å²) in [7, 11) is 3.34. The van der Waals surface area contributed by atoms with Crippen molar-refractivity contribution >= 4 is 11.5 Å². The fourth-order valence-electron chi connectivity index (χ4n) is 2.60. The molecule has 1 aromatic rings. The van der Waals surface area contributed by atoms with E-state index in [-0.39, 0.29) is 17.8 Å². The number of aromatic nitrogens is 1. The van der Waals surface area contributed by atoms with Gasteiger partial charge in [-0.3, -0.25) is 10.1 Å². The molecule has 0 saturated heterocycles. The van der Waals surface area contributed by atoms with Gasteiger partial charge in [-0.1, -0.05) is 0 Å². The first kappa shape index (κ1) is 14.5. The molecule has 1 heterocycles. The number of nitro groups is 1. The van der Waals surface area contributed by atoms with Crippen LogP contribution in [-0.4, -0.2) is 36.1 Å². The highest BCUT2D eigenvalue weighted by Gasteiger charge is 2.28. The molecule has 0 atom stereocenters. The molecule has 7 nitrogen and oxygen atoms in total. The topological polar surface area (TPSA) is 94.5 Å². The van der Waals surface area contributed by atoms with E-state index < -0.39 is 4.92 Å². The Balaban J connectivity index is 2.27. The van der Waals surface area contributed by atoms with Crippen LogP contribution in [0.3, 0.4) is 0 Å². The summed E-state index contributed by atoms with van der Waals surface area (Å²) >= 11 is 0. The molecular formula is C13H20N4O3. The van der Waals surface area contributed by atoms with Gasteiger partial charge in [0.05, 0.1) is 12.0 Å². The summed E-state index contributed by atoms with van der Waals surface area (Å²) in [6.07, 6.45) is 3.72. The Morgan fingerprint density at radius 3 is 2.60 bits per heavy atom. The highest BCUT2D eigenvalue weighted by molar-refractivity contribution is 5.59. The summed E-state index contributed by atoms with van der Waals surface area (Å²) in [4.78, 5) is 16.8. The van der Waals surface area contributed by atoms with Gasteiger partial charge in [-0.05, 0) is 25.7 Å². The zero-order valence-corrected chi connectivity index (χ0v) is 11.8. The first-order chi connectivity index (χ1) is 9.52. The summed E-state index contributed by atoms with van der Waals surface area (Å²) in [5.74, 6) is 0.736. The van der Waals surface area contributed by atoms with Gasteiger partial charge in [0.25, 0.3) is 0 Å². The largest absolute Gasteiger partial charge is 0.481 e. The maximum atomic E-state index is 11.1. The van der Waals surface area contributed by atoms with Crippen LogP contribution in [0.4, 0.5) is 11.5 Å². The molecule has 0 amide bonds. The number of hydrogen-bond donors (Lipinski definition) is 1. The Labute approximate surface area is 117 Å². The van der Waals surface area contributed by atoms with E-state index in [1.54, 1.807) is 0 Å². The molecule has 0 aliphatic heterocycles. The van der Waals surface area contributed by atoms with Crippen molar-refractivity contribution in [3.05, 3.63) is 22.2 Å². The van der Waals surface area contributed by atoms with Crippen molar-refractivity contribution in [2.24, 2.45) is 5.73 Å². The lowest BCUT2D eigenvalue weighted by atomic mass is 9.91. The molecule has 0 radical (unpaired) electrons. The molecule has 1 saturated carbocycles. The number of hydrogen-bond acceptors (Lipinski definition) is 6. The SMILES string of the molecule is COc1ccc([N+](=O)[O-])c(N(C)C2CCC(N)CC2)n1. The van der Waals surface area contributed by atoms with Crippen LogP contribution < -0.4 is 15.4 Å². The van der Waals surface area contributed by atoms with E-state index in [4.69, 9.17) is 10.5 Å². The first-order valence-electron chi connectivity index (χ1n) is 6.70. The molecular weight excluding hydrogens is 260 g/mol. The Bertz CT molecular complexity index is 487. The van der Waals surface area contributed by atoms with E-state index in [1.165, 1.54) is 19.2 Å². The minimum absolute atomic E-state index is 0.00294. The molecule has 2 N–H and O–H groups in total. The number of nitrogens with two attached hydrogens (primary N) is 1. The van der Waals surface area contributed by atoms with Gasteiger partial charge < -0.3 is 15.4 Å². The molecule has 7 heteroatoms. The Kier molecular flexibility index (Phi) is 4.39. The third-order valence-electron chi connectivity index (χ3n) is 3.86. The van der Waals surface area contributed by atoms with Gasteiger partial charge in [0, 0.05) is 31.3 Å². The fourth-order valence-corrected chi connectivity index (χ4v) is 2.60. The number of pyridine rings is 1. The Morgan fingerprint density at radius 1 is 1.40 bits per heavy atom. The lowest BCUT2D eigenvalue weighted by Gasteiger charge is -2.33. The smallest absolute Gasteiger partial charge is 0.311 e. The summed E-state index contributed by atoms with van der Waals surface area (Å²) in [6.45, 7) is 0. The molecule has 0 spiro atoms. The predicted octanol–water partition coefficient (Wildman–Crippen LogP) is 1.70. The number of ether oxygens (including phenoxy) is 1. The highest BCUT2D eigenvalue weighted by Crippen LogP contribution is 2.32. The molecule has 110 valence electrons. The molecule has 20 heavy (non-hydrogen) atoms. The van der Waals surface area contributed by atoms with E-state index in [9.17, 15) is 10.1 Å². The second-order valence-electron chi connectivity index (χ2n) is 5.13. The van der Waals surface area contributed by atoms with Gasteiger partial charge in [-0.25, -0.2) is 0 Å². The van der Waals surface area contributed by atoms with Gasteiger partial charge in [0.15, 0.2) is 0 Å². The quantitative estimate of drug-likeness (QED) is 0.666. The van der Waals surface area contributed by atoms with Crippen LogP contribution in [0.15, 0.2) is 12.1 Å². The Hall–Kier alpha value is -1.89. The van der Waals surface area contributed by atoms with Crippen molar-refractivity contribution in [1.29, 1.82) is 0 Å². The summed E-state index contributed by atoms with van der Waals surface area (Å²) in [6, 6.07) is 3.42. The molecule has 0 bridgehead atoms. The van der Waals surface area contributed by atoms with Crippen molar-refractivity contribution in [1.82, 2.24) is 4.98 Å². The van der Waals surface area contributed by atoms with Crippen molar-refractivity contribution in [3.8, 4) is 5.88 Å². The lowest BCUT2D eigenvalue weighted by molar-refractivity contribution is -0.384. The van der Waals surface area contributed by atoms with Crippen LogP contribution in [-0.2, 0) is 0 Å². The van der Waals surface area contributed by atoms with Gasteiger partial charge in [0.1, 0.15) is 0 Å². The fraction of sp³-hybridized carbons (Fsp3) is 0.615. The minimum Gasteiger partial charge on any atom is -0.481 e. The normalized spacial score (nSPS) is 22.4. The third kappa shape index (κ3) is 2.98. The second kappa shape index (κ2) is 6.04. The van der Waals surface area contributed by atoms with Crippen LogP contribution >= 0.6 is 0 Å². The third-order valence-corrected chi connectivity index (χ3v) is 3.86. The van der Waals surface area contributed by atoms with E-state index in [2.05, 4.69) is 4.98 Å². The van der Waals surface area contributed by atoms with Gasteiger partial charge >= 0.3 is 5.69 Å². The van der Waals surface area contributed by atoms with Gasteiger partial charge in [-0.2, -0.15) is 4.98 Å². The average Bonchev–Trinajstić information content (AvgIpc) is 2.46. The highest BCUT2D eigenvalue weighted by atomic mass is 16.6. The van der Waals surface area contributed by atoms with E-state index >= 15 is 0 Å². The zero-order valence-electron chi connectivity index (χ0n) is 11.8. The maximum Gasteiger partial charge on any atom is 0.311 e. The summed E-state index contributed by atoms with van der Waals surface area (Å²) in [5, 5.41) is 11.1. The van der Waals surface area contributed by atoms with Gasteiger partial charge in [-0.15, -0.1) is 0 Å². The van der Waals surface area contributed by atoms with Gasteiger partial charge in [0.2, 0.25) is 11.7 Å². The molecule has 1 aliphatic rings. The minimum atomic E-state index is -0.410. The molecule has 0 unspecified atom stereocenters. The number of rotatable bonds is 4. The lowest BCUT2D eigenvalue weighted by Crippen LogP contribution is -2.39. The van der Waals surface area contributed by atoms with Crippen LogP contribution in [0.2, 0.25) is 0 Å². The maximum absolute atomic E-state index is 11.1. The molecule has 0 aromatic carbocycles. The van der Waals surface area contributed by atoms with Crippen molar-refractivity contribution in [2.45, 2.75) is 37.8 Å². The number of methoxy groups -OCH3 is 1. The van der Waals surface area contributed by atoms with E-state index in [0.717, 1.165) is 25.7 Å². The molecule has 1 aliphatic carbocycles. The van der Waals surface area contributed by atoms with E-state index in [1.807, 2.05) is 11.9 Å². The van der Waals surface area contributed by atoms with Crippen LogP contribution in [0.25, 0.3) is 0 Å². The van der Waals surface area contributed by atoms with Crippen LogP contribution in [0, 0.1) is 10.1 Å². The number of nitrogens with zero attached hydrogens (tertiary/aromatic N) is 3. The first-order valence-corrected chi connectivity index (χ1v) is 6.70. The predicted molar refractivity (Wildman–Crippen MR) is 76.1 cm³/mol. The van der Waals surface area contributed by atoms with Crippen LogP contribution in [0.1, 0.15) is 25.7 Å².